The second-order valence-electron chi connectivity index (χ2n) is 5.85. The first-order valence-electron chi connectivity index (χ1n) is 7.83. The van der Waals surface area contributed by atoms with Gasteiger partial charge >= 0.3 is 5.97 Å². The first kappa shape index (κ1) is 18.8. The third-order valence-corrected chi connectivity index (χ3v) is 6.18. The largest absolute Gasteiger partial charge is 0.480 e. The van der Waals surface area contributed by atoms with Gasteiger partial charge in [0.15, 0.2) is 0 Å². The van der Waals surface area contributed by atoms with Crippen molar-refractivity contribution >= 4 is 49.4 Å². The smallest absolute Gasteiger partial charge is 0.322 e. The van der Waals surface area contributed by atoms with Gasteiger partial charge in [-0.2, -0.15) is 4.72 Å². The van der Waals surface area contributed by atoms with Gasteiger partial charge < -0.3 is 5.11 Å². The molecule has 0 aliphatic rings. The zero-order chi connectivity index (χ0) is 18.7. The molecule has 1 atom stereocenters. The lowest BCUT2D eigenvalue weighted by molar-refractivity contribution is -0.138. The van der Waals surface area contributed by atoms with Crippen molar-refractivity contribution < 1.29 is 18.3 Å². The van der Waals surface area contributed by atoms with Gasteiger partial charge in [0.25, 0.3) is 0 Å². The zero-order valence-corrected chi connectivity index (χ0v) is 16.6. The monoisotopic (exact) mass is 481 g/mol. The molecule has 0 aliphatic heterocycles. The summed E-state index contributed by atoms with van der Waals surface area (Å²) >= 11 is 2.07. The van der Waals surface area contributed by atoms with E-state index in [4.69, 9.17) is 0 Å². The summed E-state index contributed by atoms with van der Waals surface area (Å²) < 4.78 is 28.2. The highest BCUT2D eigenvalue weighted by Gasteiger charge is 2.25. The maximum absolute atomic E-state index is 12.5. The predicted octanol–water partition coefficient (Wildman–Crippen LogP) is 3.42. The van der Waals surface area contributed by atoms with Gasteiger partial charge in [0.2, 0.25) is 10.0 Å². The number of carboxylic acid groups (broad SMARTS) is 1. The molecule has 0 unspecified atom stereocenters. The summed E-state index contributed by atoms with van der Waals surface area (Å²) in [6, 6.07) is 18.3. The van der Waals surface area contributed by atoms with Crippen molar-refractivity contribution in [2.75, 3.05) is 0 Å². The van der Waals surface area contributed by atoms with Gasteiger partial charge in [-0.05, 0) is 69.6 Å². The lowest BCUT2D eigenvalue weighted by Gasteiger charge is -2.15. The number of aliphatic carboxylic acids is 1. The van der Waals surface area contributed by atoms with Crippen molar-refractivity contribution in [3.63, 3.8) is 0 Å². The Morgan fingerprint density at radius 2 is 1.65 bits per heavy atom. The van der Waals surface area contributed by atoms with E-state index in [1.807, 2.05) is 42.5 Å². The number of rotatable bonds is 6. The van der Waals surface area contributed by atoms with Crippen LogP contribution in [0.1, 0.15) is 5.56 Å². The summed E-state index contributed by atoms with van der Waals surface area (Å²) in [5.41, 5.74) is 0.751. The third-order valence-electron chi connectivity index (χ3n) is 3.97. The van der Waals surface area contributed by atoms with E-state index in [9.17, 15) is 18.3 Å². The van der Waals surface area contributed by atoms with Crippen molar-refractivity contribution in [1.29, 1.82) is 0 Å². The van der Waals surface area contributed by atoms with Gasteiger partial charge in [-0.25, -0.2) is 8.42 Å². The molecule has 3 aromatic rings. The van der Waals surface area contributed by atoms with Crippen LogP contribution < -0.4 is 4.72 Å². The zero-order valence-electron chi connectivity index (χ0n) is 13.6. The molecule has 0 aromatic heterocycles. The van der Waals surface area contributed by atoms with Crippen molar-refractivity contribution in [1.82, 2.24) is 4.72 Å². The normalized spacial score (nSPS) is 12.8. The van der Waals surface area contributed by atoms with E-state index in [1.165, 1.54) is 12.1 Å². The number of nitrogens with one attached hydrogen (secondary N) is 1. The number of hydrogen-bond donors (Lipinski definition) is 2. The molecule has 2 N–H and O–H groups in total. The molecule has 0 saturated carbocycles. The van der Waals surface area contributed by atoms with Gasteiger partial charge in [-0.3, -0.25) is 4.79 Å². The molecule has 0 saturated heterocycles. The van der Waals surface area contributed by atoms with E-state index in [2.05, 4.69) is 27.3 Å². The quantitative estimate of drug-likeness (QED) is 0.529. The Hall–Kier alpha value is -1.97. The first-order chi connectivity index (χ1) is 12.3. The summed E-state index contributed by atoms with van der Waals surface area (Å²) in [6.07, 6.45) is 0.0593. The fraction of sp³-hybridized carbons (Fsp3) is 0.105. The van der Waals surface area contributed by atoms with E-state index in [0.29, 0.717) is 0 Å². The number of carbonyl (C=O) groups is 1. The third kappa shape index (κ3) is 4.40. The minimum atomic E-state index is -3.92. The van der Waals surface area contributed by atoms with Gasteiger partial charge in [0.05, 0.1) is 4.90 Å². The van der Waals surface area contributed by atoms with Crippen LogP contribution in [0.15, 0.2) is 71.6 Å². The molecule has 3 aromatic carbocycles. The maximum atomic E-state index is 12.5. The summed E-state index contributed by atoms with van der Waals surface area (Å²) in [5, 5.41) is 11.5. The molecule has 134 valence electrons. The van der Waals surface area contributed by atoms with Gasteiger partial charge in [-0.15, -0.1) is 0 Å². The van der Waals surface area contributed by atoms with E-state index in [1.54, 1.807) is 12.1 Å². The second-order valence-corrected chi connectivity index (χ2v) is 8.81. The SMILES string of the molecule is O=C(O)[C@@H](Cc1ccc2ccccc2c1)NS(=O)(=O)c1ccc(I)cc1. The Morgan fingerprint density at radius 1 is 1.00 bits per heavy atom. The molecule has 0 bridgehead atoms. The number of halogens is 1. The lowest BCUT2D eigenvalue weighted by Crippen LogP contribution is -2.42. The van der Waals surface area contributed by atoms with Crippen LogP contribution >= 0.6 is 22.6 Å². The number of fused-ring (bicyclic) bond motifs is 1. The minimum Gasteiger partial charge on any atom is -0.480 e. The lowest BCUT2D eigenvalue weighted by atomic mass is 10.0. The van der Waals surface area contributed by atoms with Crippen LogP contribution in [0.25, 0.3) is 10.8 Å². The van der Waals surface area contributed by atoms with E-state index >= 15 is 0 Å². The van der Waals surface area contributed by atoms with Crippen molar-refractivity contribution in [2.45, 2.75) is 17.4 Å². The molecule has 0 spiro atoms. The van der Waals surface area contributed by atoms with E-state index < -0.39 is 22.0 Å². The molecule has 0 amide bonds. The van der Waals surface area contributed by atoms with Gasteiger partial charge in [0.1, 0.15) is 6.04 Å². The molecule has 7 heteroatoms. The van der Waals surface area contributed by atoms with E-state index in [-0.39, 0.29) is 11.3 Å². The Bertz CT molecular complexity index is 1050. The number of benzene rings is 3. The number of sulfonamides is 1. The van der Waals surface area contributed by atoms with Gasteiger partial charge in [-0.1, -0.05) is 42.5 Å². The summed E-state index contributed by atoms with van der Waals surface area (Å²) in [4.78, 5) is 11.6. The Kier molecular flexibility index (Phi) is 5.59. The van der Waals surface area contributed by atoms with Crippen molar-refractivity contribution in [3.8, 4) is 0 Å². The molecule has 0 aliphatic carbocycles. The summed E-state index contributed by atoms with van der Waals surface area (Å²) in [7, 11) is -3.92. The van der Waals surface area contributed by atoms with Crippen molar-refractivity contribution in [2.24, 2.45) is 0 Å². The van der Waals surface area contributed by atoms with E-state index in [0.717, 1.165) is 19.9 Å². The van der Waals surface area contributed by atoms with Crippen LogP contribution in [0.4, 0.5) is 0 Å². The van der Waals surface area contributed by atoms with Crippen molar-refractivity contribution in [3.05, 3.63) is 75.9 Å². The van der Waals surface area contributed by atoms with Crippen LogP contribution in [0.5, 0.6) is 0 Å². The first-order valence-corrected chi connectivity index (χ1v) is 10.4. The standard InChI is InChI=1S/C19H16INO4S/c20-16-7-9-17(10-8-16)26(24,25)21-18(19(22)23)12-13-5-6-14-3-1-2-4-15(14)11-13/h1-11,18,21H,12H2,(H,22,23)/t18-/m1/s1. The number of hydrogen-bond acceptors (Lipinski definition) is 3. The Labute approximate surface area is 165 Å². The topological polar surface area (TPSA) is 83.5 Å². The maximum Gasteiger partial charge on any atom is 0.322 e. The summed E-state index contributed by atoms with van der Waals surface area (Å²) in [5.74, 6) is -1.22. The molecule has 0 heterocycles. The molecule has 0 radical (unpaired) electrons. The van der Waals surface area contributed by atoms with Crippen LogP contribution in [0.2, 0.25) is 0 Å². The average Bonchev–Trinajstić information content (AvgIpc) is 2.61. The Morgan fingerprint density at radius 3 is 2.31 bits per heavy atom. The number of carboxylic acids is 1. The molecule has 3 rings (SSSR count). The highest BCUT2D eigenvalue weighted by Crippen LogP contribution is 2.18. The molecule has 5 nitrogen and oxygen atoms in total. The fourth-order valence-electron chi connectivity index (χ4n) is 2.65. The minimum absolute atomic E-state index is 0.0441. The van der Waals surface area contributed by atoms with Crippen LogP contribution in [-0.4, -0.2) is 25.5 Å². The van der Waals surface area contributed by atoms with Crippen LogP contribution in [0.3, 0.4) is 0 Å². The predicted molar refractivity (Wildman–Crippen MR) is 109 cm³/mol. The molecule has 0 fully saturated rings. The fourth-order valence-corrected chi connectivity index (χ4v) is 4.20. The van der Waals surface area contributed by atoms with Crippen LogP contribution in [0, 0.1) is 3.57 Å². The van der Waals surface area contributed by atoms with Crippen LogP contribution in [-0.2, 0) is 21.2 Å². The highest BCUT2D eigenvalue weighted by molar-refractivity contribution is 14.1. The molecular formula is C19H16INO4S. The van der Waals surface area contributed by atoms with Gasteiger partial charge in [0, 0.05) is 3.57 Å². The summed E-state index contributed by atoms with van der Waals surface area (Å²) in [6.45, 7) is 0. The highest BCUT2D eigenvalue weighted by atomic mass is 127. The Balaban J connectivity index is 1.84. The average molecular weight is 481 g/mol. The molecular weight excluding hydrogens is 465 g/mol. The molecule has 26 heavy (non-hydrogen) atoms. The second kappa shape index (κ2) is 7.73.